The summed E-state index contributed by atoms with van der Waals surface area (Å²) in [7, 11) is 0. The van der Waals surface area contributed by atoms with Crippen molar-refractivity contribution < 1.29 is 4.79 Å². The van der Waals surface area contributed by atoms with Crippen molar-refractivity contribution in [3.05, 3.63) is 48.0 Å². The Morgan fingerprint density at radius 3 is 2.81 bits per heavy atom. The molecule has 1 aromatic heterocycles. The monoisotopic (exact) mass is 309 g/mol. The van der Waals surface area contributed by atoms with Crippen molar-refractivity contribution in [3.63, 3.8) is 0 Å². The summed E-state index contributed by atoms with van der Waals surface area (Å²) < 4.78 is 1.70. The summed E-state index contributed by atoms with van der Waals surface area (Å²) >= 11 is 0. The highest BCUT2D eigenvalue weighted by Gasteiger charge is 2.10. The average Bonchev–Trinajstić information content (AvgIpc) is 2.97. The smallest absolute Gasteiger partial charge is 0.251 e. The van der Waals surface area contributed by atoms with Gasteiger partial charge in [-0.15, -0.1) is 12.4 Å². The zero-order chi connectivity index (χ0) is 14.2. The van der Waals surface area contributed by atoms with Crippen molar-refractivity contribution in [1.82, 2.24) is 25.4 Å². The Labute approximate surface area is 130 Å². The maximum atomic E-state index is 12.2. The van der Waals surface area contributed by atoms with Crippen LogP contribution < -0.4 is 10.6 Å². The van der Waals surface area contributed by atoms with Gasteiger partial charge in [0.1, 0.15) is 12.7 Å². The van der Waals surface area contributed by atoms with Gasteiger partial charge in [0.05, 0.1) is 6.54 Å². The van der Waals surface area contributed by atoms with Gasteiger partial charge in [0.15, 0.2) is 0 Å². The van der Waals surface area contributed by atoms with Gasteiger partial charge in [-0.3, -0.25) is 4.79 Å². The number of hydrogen-bond acceptors (Lipinski definition) is 4. The van der Waals surface area contributed by atoms with Crippen LogP contribution in [0.1, 0.15) is 22.8 Å². The predicted octanol–water partition coefficient (Wildman–Crippen LogP) is 1.09. The van der Waals surface area contributed by atoms with E-state index in [9.17, 15) is 4.79 Å². The van der Waals surface area contributed by atoms with Crippen LogP contribution in [0.5, 0.6) is 0 Å². The van der Waals surface area contributed by atoms with E-state index < -0.39 is 0 Å². The number of hydrogen-bond donors (Lipinski definition) is 2. The molecule has 2 N–H and O–H groups in total. The first kappa shape index (κ1) is 17.1. The molecular weight excluding hydrogens is 290 g/mol. The first-order valence-corrected chi connectivity index (χ1v) is 6.70. The number of benzene rings is 1. The molecule has 7 heteroatoms. The minimum atomic E-state index is -0.0568. The number of nitrogens with zero attached hydrogens (tertiary/aromatic N) is 3. The Morgan fingerprint density at radius 1 is 1.29 bits per heavy atom. The standard InChI is InChI=1S/C14H19N5O.ClH/c1-2-15-7-8-17-14(20)13-6-4-3-5-12(13)9-19-11-16-10-18-19;/h3-6,10-11,15H,2,7-9H2,1H3,(H,17,20);1H. The molecule has 0 saturated carbocycles. The van der Waals surface area contributed by atoms with Crippen LogP contribution in [0, 0.1) is 0 Å². The number of nitrogens with one attached hydrogen (secondary N) is 2. The molecule has 0 saturated heterocycles. The maximum Gasteiger partial charge on any atom is 0.251 e. The molecule has 2 aromatic rings. The van der Waals surface area contributed by atoms with E-state index in [1.807, 2.05) is 31.2 Å². The van der Waals surface area contributed by atoms with E-state index in [2.05, 4.69) is 20.7 Å². The van der Waals surface area contributed by atoms with Gasteiger partial charge < -0.3 is 10.6 Å². The summed E-state index contributed by atoms with van der Waals surface area (Å²) in [6.45, 7) is 4.86. The molecule has 6 nitrogen and oxygen atoms in total. The van der Waals surface area contributed by atoms with Crippen molar-refractivity contribution in [2.45, 2.75) is 13.5 Å². The molecule has 2 rings (SSSR count). The number of rotatable bonds is 7. The van der Waals surface area contributed by atoms with Crippen molar-refractivity contribution in [3.8, 4) is 0 Å². The van der Waals surface area contributed by atoms with E-state index in [1.165, 1.54) is 6.33 Å². The van der Waals surface area contributed by atoms with E-state index in [0.29, 0.717) is 18.7 Å². The minimum absolute atomic E-state index is 0. The maximum absolute atomic E-state index is 12.2. The summed E-state index contributed by atoms with van der Waals surface area (Å²) in [6.07, 6.45) is 3.12. The lowest BCUT2D eigenvalue weighted by Gasteiger charge is -2.10. The number of aromatic nitrogens is 3. The van der Waals surface area contributed by atoms with Crippen LogP contribution in [-0.4, -0.2) is 40.3 Å². The van der Waals surface area contributed by atoms with Gasteiger partial charge in [0.25, 0.3) is 5.91 Å². The highest BCUT2D eigenvalue weighted by molar-refractivity contribution is 5.95. The number of amides is 1. The van der Waals surface area contributed by atoms with Crippen molar-refractivity contribution in [2.24, 2.45) is 0 Å². The van der Waals surface area contributed by atoms with E-state index >= 15 is 0 Å². The molecule has 1 amide bonds. The first-order chi connectivity index (χ1) is 9.81. The molecule has 0 atom stereocenters. The van der Waals surface area contributed by atoms with E-state index in [-0.39, 0.29) is 18.3 Å². The largest absolute Gasteiger partial charge is 0.351 e. The van der Waals surface area contributed by atoms with Crippen LogP contribution >= 0.6 is 12.4 Å². The van der Waals surface area contributed by atoms with E-state index in [1.54, 1.807) is 11.0 Å². The Morgan fingerprint density at radius 2 is 2.10 bits per heavy atom. The molecule has 0 radical (unpaired) electrons. The van der Waals surface area contributed by atoms with Gasteiger partial charge in [0, 0.05) is 18.7 Å². The summed E-state index contributed by atoms with van der Waals surface area (Å²) in [6, 6.07) is 7.54. The van der Waals surface area contributed by atoms with Gasteiger partial charge in [-0.1, -0.05) is 25.1 Å². The van der Waals surface area contributed by atoms with Crippen LogP contribution in [0.25, 0.3) is 0 Å². The lowest BCUT2D eigenvalue weighted by molar-refractivity contribution is 0.0953. The highest BCUT2D eigenvalue weighted by Crippen LogP contribution is 2.10. The molecule has 0 aliphatic carbocycles. The molecule has 0 aliphatic heterocycles. The van der Waals surface area contributed by atoms with Gasteiger partial charge in [0.2, 0.25) is 0 Å². The third kappa shape index (κ3) is 5.17. The summed E-state index contributed by atoms with van der Waals surface area (Å²) in [5, 5.41) is 10.1. The summed E-state index contributed by atoms with van der Waals surface area (Å²) in [5.41, 5.74) is 1.61. The zero-order valence-corrected chi connectivity index (χ0v) is 12.8. The normalized spacial score (nSPS) is 9.95. The van der Waals surface area contributed by atoms with Crippen LogP contribution in [0.15, 0.2) is 36.9 Å². The Bertz CT molecular complexity index is 544. The van der Waals surface area contributed by atoms with Crippen LogP contribution in [-0.2, 0) is 6.54 Å². The number of carbonyl (C=O) groups is 1. The SMILES string of the molecule is CCNCCNC(=O)c1ccccc1Cn1cncn1.Cl. The quantitative estimate of drug-likeness (QED) is 0.751. The second kappa shape index (κ2) is 9.10. The third-order valence-corrected chi connectivity index (χ3v) is 2.90. The van der Waals surface area contributed by atoms with Gasteiger partial charge in [-0.05, 0) is 18.2 Å². The molecule has 1 heterocycles. The number of likely N-dealkylation sites (N-methyl/N-ethyl adjacent to an activating group) is 1. The first-order valence-electron chi connectivity index (χ1n) is 6.70. The number of halogens is 1. The van der Waals surface area contributed by atoms with E-state index in [4.69, 9.17) is 0 Å². The minimum Gasteiger partial charge on any atom is -0.351 e. The second-order valence-corrected chi connectivity index (χ2v) is 4.36. The lowest BCUT2D eigenvalue weighted by Crippen LogP contribution is -2.32. The van der Waals surface area contributed by atoms with Gasteiger partial charge in [-0.25, -0.2) is 9.67 Å². The molecule has 0 fully saturated rings. The van der Waals surface area contributed by atoms with Crippen LogP contribution in [0.4, 0.5) is 0 Å². The fraction of sp³-hybridized carbons (Fsp3) is 0.357. The Kier molecular flexibility index (Phi) is 7.42. The Hall–Kier alpha value is -1.92. The molecule has 0 unspecified atom stereocenters. The van der Waals surface area contributed by atoms with Crippen molar-refractivity contribution >= 4 is 18.3 Å². The zero-order valence-electron chi connectivity index (χ0n) is 12.0. The van der Waals surface area contributed by atoms with Crippen molar-refractivity contribution in [2.75, 3.05) is 19.6 Å². The lowest BCUT2D eigenvalue weighted by atomic mass is 10.1. The third-order valence-electron chi connectivity index (χ3n) is 2.90. The van der Waals surface area contributed by atoms with E-state index in [0.717, 1.165) is 18.7 Å². The molecule has 1 aromatic carbocycles. The molecule has 0 bridgehead atoms. The van der Waals surface area contributed by atoms with Gasteiger partial charge in [-0.2, -0.15) is 5.10 Å². The van der Waals surface area contributed by atoms with Crippen LogP contribution in [0.2, 0.25) is 0 Å². The highest BCUT2D eigenvalue weighted by atomic mass is 35.5. The van der Waals surface area contributed by atoms with Gasteiger partial charge >= 0.3 is 0 Å². The molecular formula is C14H20ClN5O. The molecule has 114 valence electrons. The second-order valence-electron chi connectivity index (χ2n) is 4.36. The fourth-order valence-corrected chi connectivity index (χ4v) is 1.91. The molecule has 0 spiro atoms. The average molecular weight is 310 g/mol. The molecule has 21 heavy (non-hydrogen) atoms. The Balaban J connectivity index is 0.00000220. The molecule has 0 aliphatic rings. The number of carbonyl (C=O) groups excluding carboxylic acids is 1. The van der Waals surface area contributed by atoms with Crippen LogP contribution in [0.3, 0.4) is 0 Å². The topological polar surface area (TPSA) is 71.8 Å². The summed E-state index contributed by atoms with van der Waals surface area (Å²) in [5.74, 6) is -0.0568. The predicted molar refractivity (Wildman–Crippen MR) is 83.7 cm³/mol. The van der Waals surface area contributed by atoms with Crippen molar-refractivity contribution in [1.29, 1.82) is 0 Å². The summed E-state index contributed by atoms with van der Waals surface area (Å²) in [4.78, 5) is 16.1. The fourth-order valence-electron chi connectivity index (χ4n) is 1.91.